The largest absolute Gasteiger partial charge is 0.494 e. The molecule has 0 spiro atoms. The van der Waals surface area contributed by atoms with E-state index in [0.29, 0.717) is 0 Å². The van der Waals surface area contributed by atoms with E-state index in [4.69, 9.17) is 4.74 Å². The van der Waals surface area contributed by atoms with E-state index < -0.39 is 0 Å². The Morgan fingerprint density at radius 3 is 2.07 bits per heavy atom. The molecule has 1 aromatic carbocycles. The van der Waals surface area contributed by atoms with E-state index in [-0.39, 0.29) is 0 Å². The first-order chi connectivity index (χ1) is 13.3. The molecule has 0 amide bonds. The first-order valence-electron chi connectivity index (χ1n) is 12.0. The van der Waals surface area contributed by atoms with Crippen LogP contribution in [0.15, 0.2) is 24.3 Å². The number of ether oxygens (including phenoxy) is 1. The minimum absolute atomic E-state index is 0.779. The third-order valence-corrected chi connectivity index (χ3v) is 7.35. The molecule has 1 nitrogen and oxygen atoms in total. The van der Waals surface area contributed by atoms with Gasteiger partial charge in [0.2, 0.25) is 0 Å². The van der Waals surface area contributed by atoms with Crippen molar-refractivity contribution in [1.29, 1.82) is 0 Å². The second kappa shape index (κ2) is 11.1. The maximum atomic E-state index is 6.07. The summed E-state index contributed by atoms with van der Waals surface area (Å²) in [5.74, 6) is 4.73. The zero-order valence-electron chi connectivity index (χ0n) is 17.9. The molecule has 2 fully saturated rings. The van der Waals surface area contributed by atoms with Crippen LogP contribution in [0.3, 0.4) is 0 Å². The fraction of sp³-hybridized carbons (Fsp3) is 0.769. The predicted octanol–water partition coefficient (Wildman–Crippen LogP) is 8.14. The highest BCUT2D eigenvalue weighted by Gasteiger charge is 2.24. The minimum atomic E-state index is 0.779. The van der Waals surface area contributed by atoms with Gasteiger partial charge in [-0.25, -0.2) is 0 Å². The van der Waals surface area contributed by atoms with Gasteiger partial charge in [0.1, 0.15) is 5.75 Å². The molecule has 2 unspecified atom stereocenters. The fourth-order valence-electron chi connectivity index (χ4n) is 5.48. The quantitative estimate of drug-likeness (QED) is 0.399. The van der Waals surface area contributed by atoms with Gasteiger partial charge in [-0.3, -0.25) is 0 Å². The molecule has 1 aromatic rings. The average Bonchev–Trinajstić information content (AvgIpc) is 2.71. The van der Waals surface area contributed by atoms with E-state index in [1.807, 2.05) is 0 Å². The van der Waals surface area contributed by atoms with Crippen LogP contribution in [-0.2, 0) is 0 Å². The number of unbranched alkanes of at least 4 members (excludes halogenated alkanes) is 1. The van der Waals surface area contributed by atoms with Crippen molar-refractivity contribution < 1.29 is 4.74 Å². The molecule has 0 radical (unpaired) electrons. The van der Waals surface area contributed by atoms with Crippen molar-refractivity contribution in [1.82, 2.24) is 0 Å². The molecule has 2 aliphatic rings. The van der Waals surface area contributed by atoms with Gasteiger partial charge in [-0.05, 0) is 67.1 Å². The molecule has 0 N–H and O–H groups in total. The Labute approximate surface area is 168 Å². The van der Waals surface area contributed by atoms with Gasteiger partial charge in [-0.1, -0.05) is 83.8 Å². The third kappa shape index (κ3) is 6.54. The van der Waals surface area contributed by atoms with Gasteiger partial charge in [0.05, 0.1) is 6.61 Å². The van der Waals surface area contributed by atoms with E-state index in [1.54, 1.807) is 0 Å². The van der Waals surface area contributed by atoms with Crippen molar-refractivity contribution in [2.75, 3.05) is 6.61 Å². The van der Waals surface area contributed by atoms with Crippen molar-refractivity contribution >= 4 is 0 Å². The summed E-state index contributed by atoms with van der Waals surface area (Å²) in [4.78, 5) is 0. The van der Waals surface area contributed by atoms with Crippen molar-refractivity contribution in [2.24, 2.45) is 17.8 Å². The minimum Gasteiger partial charge on any atom is -0.494 e. The van der Waals surface area contributed by atoms with Crippen molar-refractivity contribution in [3.63, 3.8) is 0 Å². The molecular weight excluding hydrogens is 328 g/mol. The Balaban J connectivity index is 1.37. The predicted molar refractivity (Wildman–Crippen MR) is 117 cm³/mol. The zero-order chi connectivity index (χ0) is 18.9. The summed E-state index contributed by atoms with van der Waals surface area (Å²) >= 11 is 0. The second-order valence-corrected chi connectivity index (χ2v) is 9.46. The monoisotopic (exact) mass is 370 g/mol. The molecule has 2 saturated carbocycles. The highest BCUT2D eigenvalue weighted by Crippen LogP contribution is 2.37. The van der Waals surface area contributed by atoms with E-state index in [9.17, 15) is 0 Å². The SMILES string of the molecule is CCCCC1CCCCC1CCCOc1ccc(C2CCC(C)CC2)cc1. The molecule has 0 saturated heterocycles. The number of benzene rings is 1. The van der Waals surface area contributed by atoms with Gasteiger partial charge in [0.15, 0.2) is 0 Å². The van der Waals surface area contributed by atoms with Crippen LogP contribution in [0.1, 0.15) is 109 Å². The lowest BCUT2D eigenvalue weighted by Crippen LogP contribution is -2.20. The van der Waals surface area contributed by atoms with Crippen molar-refractivity contribution in [3.8, 4) is 5.75 Å². The second-order valence-electron chi connectivity index (χ2n) is 9.46. The van der Waals surface area contributed by atoms with Crippen LogP contribution in [0.4, 0.5) is 0 Å². The Kier molecular flexibility index (Phi) is 8.55. The van der Waals surface area contributed by atoms with E-state index in [2.05, 4.69) is 38.1 Å². The molecule has 3 rings (SSSR count). The summed E-state index contributed by atoms with van der Waals surface area (Å²) in [5.41, 5.74) is 1.52. The summed E-state index contributed by atoms with van der Waals surface area (Å²) in [6.45, 7) is 5.61. The molecular formula is C26H42O. The molecule has 2 aliphatic carbocycles. The molecule has 0 heterocycles. The van der Waals surface area contributed by atoms with Gasteiger partial charge >= 0.3 is 0 Å². The smallest absolute Gasteiger partial charge is 0.119 e. The standard InChI is InChI=1S/C26H42O/c1-3-4-8-22-9-5-6-10-23(22)11-7-20-27-26-18-16-25(17-19-26)24-14-12-21(2)13-15-24/h16-19,21-24H,3-15,20H2,1-2H3. The topological polar surface area (TPSA) is 9.23 Å². The fourth-order valence-corrected chi connectivity index (χ4v) is 5.48. The van der Waals surface area contributed by atoms with Gasteiger partial charge in [-0.2, -0.15) is 0 Å². The summed E-state index contributed by atoms with van der Waals surface area (Å²) in [7, 11) is 0. The first kappa shape index (κ1) is 20.7. The summed E-state index contributed by atoms with van der Waals surface area (Å²) in [6.07, 6.45) is 18.2. The van der Waals surface area contributed by atoms with Crippen LogP contribution in [0.25, 0.3) is 0 Å². The van der Waals surface area contributed by atoms with Gasteiger partial charge in [-0.15, -0.1) is 0 Å². The molecule has 0 aliphatic heterocycles. The Bertz CT molecular complexity index is 512. The highest BCUT2D eigenvalue weighted by atomic mass is 16.5. The number of hydrogen-bond acceptors (Lipinski definition) is 1. The molecule has 152 valence electrons. The van der Waals surface area contributed by atoms with E-state index >= 15 is 0 Å². The van der Waals surface area contributed by atoms with Gasteiger partial charge in [0, 0.05) is 0 Å². The molecule has 27 heavy (non-hydrogen) atoms. The molecule has 2 atom stereocenters. The lowest BCUT2D eigenvalue weighted by Gasteiger charge is -2.31. The van der Waals surface area contributed by atoms with Crippen LogP contribution >= 0.6 is 0 Å². The van der Waals surface area contributed by atoms with E-state index in [1.165, 1.54) is 89.0 Å². The average molecular weight is 371 g/mol. The third-order valence-electron chi connectivity index (χ3n) is 7.35. The normalized spacial score (nSPS) is 28.8. The maximum Gasteiger partial charge on any atom is 0.119 e. The van der Waals surface area contributed by atoms with E-state index in [0.717, 1.165) is 36.0 Å². The summed E-state index contributed by atoms with van der Waals surface area (Å²) in [6, 6.07) is 9.05. The summed E-state index contributed by atoms with van der Waals surface area (Å²) in [5, 5.41) is 0. The molecule has 0 bridgehead atoms. The van der Waals surface area contributed by atoms with Crippen LogP contribution in [0, 0.1) is 17.8 Å². The Morgan fingerprint density at radius 2 is 1.44 bits per heavy atom. The number of rotatable bonds is 9. The Hall–Kier alpha value is -0.980. The summed E-state index contributed by atoms with van der Waals surface area (Å²) < 4.78 is 6.07. The number of hydrogen-bond donors (Lipinski definition) is 0. The van der Waals surface area contributed by atoms with Crippen LogP contribution in [0.5, 0.6) is 5.75 Å². The molecule has 0 aromatic heterocycles. The van der Waals surface area contributed by atoms with Crippen LogP contribution < -0.4 is 4.74 Å². The lowest BCUT2D eigenvalue weighted by atomic mass is 9.75. The van der Waals surface area contributed by atoms with Crippen LogP contribution in [0.2, 0.25) is 0 Å². The lowest BCUT2D eigenvalue weighted by molar-refractivity contribution is 0.191. The first-order valence-corrected chi connectivity index (χ1v) is 12.0. The van der Waals surface area contributed by atoms with Gasteiger partial charge in [0.25, 0.3) is 0 Å². The zero-order valence-corrected chi connectivity index (χ0v) is 17.9. The van der Waals surface area contributed by atoms with Crippen molar-refractivity contribution in [3.05, 3.63) is 29.8 Å². The van der Waals surface area contributed by atoms with Crippen LogP contribution in [-0.4, -0.2) is 6.61 Å². The maximum absolute atomic E-state index is 6.07. The van der Waals surface area contributed by atoms with Gasteiger partial charge < -0.3 is 4.74 Å². The molecule has 1 heteroatoms. The van der Waals surface area contributed by atoms with Crippen molar-refractivity contribution in [2.45, 2.75) is 103 Å². The highest BCUT2D eigenvalue weighted by molar-refractivity contribution is 5.29. The Morgan fingerprint density at radius 1 is 0.815 bits per heavy atom.